The number of hydrogen-bond donors (Lipinski definition) is 6. The standard InChI is InChI=1S/C61H71F4N11O8S/c1-36-52(85-35-71-36)39-16-14-38(15-17-39)45(72-56(81)47-30-42(77)32-76(47)57(82)53(59(2,3)4)73-58(83)60(62)21-22-60)31-49(79)68-24-8-6-13-48(78)67-23-7-5-9-25-74-33-44(51-54(66)69-34-70-55(51)74)40-18-19-46-41(29-40)20-26-75(46)50(80)28-37-11-10-12-43(27-37)84-61(63,64)65/h10-12,14-19,27,29,33-35,42,45,47,53,77H,5-9,13,20-26,28,30-32H2,1-4H3,(H,67,78)(H,68,79)(H,72,81)(H,73,83)(H2,66,69,70)/t42-,45+,47+,53-/m1/s1. The SMILES string of the molecule is Cc1ncsc1-c1ccc([C@H](CC(=O)NCCCCC(=O)NCCCCCn2cc(-c3ccc4c(c3)CCN4C(=O)Cc3cccc(OC(F)(F)F)c3)c3c(N)ncnc32)NC(=O)[C@@H]2C[C@@H](O)CN2C(=O)[C@@H](NC(=O)C2(F)CC2)C(C)(C)C)cc1. The van der Waals surface area contributed by atoms with E-state index in [1.807, 2.05) is 60.2 Å². The topological polar surface area (TPSA) is 256 Å². The minimum Gasteiger partial charge on any atom is -0.406 e. The molecule has 0 radical (unpaired) electrons. The number of aryl methyl sites for hydroxylation is 2. The number of anilines is 2. The number of likely N-dealkylation sites (tertiary alicyclic amines) is 1. The molecule has 85 heavy (non-hydrogen) atoms. The Morgan fingerprint density at radius 3 is 2.32 bits per heavy atom. The molecule has 19 nitrogen and oxygen atoms in total. The van der Waals surface area contributed by atoms with E-state index in [4.69, 9.17) is 5.73 Å². The molecule has 452 valence electrons. The lowest BCUT2D eigenvalue weighted by Gasteiger charge is -2.36. The van der Waals surface area contributed by atoms with Gasteiger partial charge in [-0.3, -0.25) is 28.8 Å². The third kappa shape index (κ3) is 15.3. The van der Waals surface area contributed by atoms with Gasteiger partial charge in [0.05, 0.1) is 46.5 Å². The van der Waals surface area contributed by atoms with E-state index in [1.165, 1.54) is 40.8 Å². The van der Waals surface area contributed by atoms with Gasteiger partial charge in [0, 0.05) is 63.0 Å². The zero-order valence-corrected chi connectivity index (χ0v) is 48.7. The molecule has 9 rings (SSSR count). The molecule has 1 aliphatic carbocycles. The van der Waals surface area contributed by atoms with Gasteiger partial charge >= 0.3 is 6.36 Å². The van der Waals surface area contributed by atoms with Crippen LogP contribution < -0.4 is 36.6 Å². The number of aliphatic hydroxyl groups is 1. The highest BCUT2D eigenvalue weighted by molar-refractivity contribution is 7.13. The number of thiazole rings is 1. The molecule has 24 heteroatoms. The summed E-state index contributed by atoms with van der Waals surface area (Å²) in [6.45, 7) is 8.70. The summed E-state index contributed by atoms with van der Waals surface area (Å²) < 4.78 is 59.3. The number of carbonyl (C=O) groups is 6. The molecule has 1 saturated heterocycles. The van der Waals surface area contributed by atoms with Crippen LogP contribution in [0.5, 0.6) is 5.75 Å². The summed E-state index contributed by atoms with van der Waals surface area (Å²) in [4.78, 5) is 98.0. The second-order valence-electron chi connectivity index (χ2n) is 23.2. The van der Waals surface area contributed by atoms with E-state index in [1.54, 1.807) is 37.2 Å². The molecule has 0 spiro atoms. The molecule has 6 amide bonds. The predicted octanol–water partition coefficient (Wildman–Crippen LogP) is 7.96. The molecule has 0 unspecified atom stereocenters. The number of nitrogens with zero attached hydrogens (tertiary/aromatic N) is 6. The Kier molecular flexibility index (Phi) is 18.9. The largest absolute Gasteiger partial charge is 0.573 e. The van der Waals surface area contributed by atoms with Crippen molar-refractivity contribution in [2.45, 2.75) is 148 Å². The van der Waals surface area contributed by atoms with E-state index in [0.717, 1.165) is 57.8 Å². The molecule has 2 aliphatic heterocycles. The van der Waals surface area contributed by atoms with E-state index in [9.17, 15) is 51.4 Å². The molecule has 4 atom stereocenters. The average Bonchev–Trinajstić information content (AvgIpc) is 3.55. The van der Waals surface area contributed by atoms with Gasteiger partial charge in [-0.15, -0.1) is 24.5 Å². The van der Waals surface area contributed by atoms with Gasteiger partial charge in [-0.2, -0.15) is 0 Å². The number of alkyl halides is 4. The summed E-state index contributed by atoms with van der Waals surface area (Å²) in [5.41, 5.74) is 12.1. The van der Waals surface area contributed by atoms with Crippen LogP contribution in [0.3, 0.4) is 0 Å². The minimum absolute atomic E-state index is 0.0606. The van der Waals surface area contributed by atoms with Gasteiger partial charge in [0.25, 0.3) is 5.91 Å². The van der Waals surface area contributed by atoms with Gasteiger partial charge in [0.1, 0.15) is 35.6 Å². The number of rotatable bonds is 24. The van der Waals surface area contributed by atoms with E-state index in [2.05, 4.69) is 41.0 Å². The third-order valence-corrected chi connectivity index (χ3v) is 16.7. The number of aliphatic hydroxyl groups excluding tert-OH is 1. The van der Waals surface area contributed by atoms with Gasteiger partial charge < -0.3 is 51.2 Å². The third-order valence-electron chi connectivity index (χ3n) is 15.7. The Bertz CT molecular complexity index is 3430. The maximum absolute atomic E-state index is 14.8. The van der Waals surface area contributed by atoms with Crippen molar-refractivity contribution in [2.75, 3.05) is 36.8 Å². The molecule has 5 heterocycles. The number of fused-ring (bicyclic) bond motifs is 2. The van der Waals surface area contributed by atoms with Crippen LogP contribution in [-0.4, -0.2) is 121 Å². The van der Waals surface area contributed by atoms with Gasteiger partial charge in [0.15, 0.2) is 5.67 Å². The predicted molar refractivity (Wildman–Crippen MR) is 312 cm³/mol. The van der Waals surface area contributed by atoms with Crippen molar-refractivity contribution in [3.63, 3.8) is 0 Å². The molecule has 2 fully saturated rings. The van der Waals surface area contributed by atoms with Gasteiger partial charge in [-0.05, 0) is 116 Å². The molecular weight excluding hydrogens is 1120 g/mol. The van der Waals surface area contributed by atoms with Gasteiger partial charge in [0.2, 0.25) is 29.5 Å². The van der Waals surface area contributed by atoms with Crippen LogP contribution in [0, 0.1) is 12.3 Å². The number of amides is 6. The molecule has 1 saturated carbocycles. The number of hydrogen-bond acceptors (Lipinski definition) is 13. The van der Waals surface area contributed by atoms with Crippen molar-refractivity contribution in [1.29, 1.82) is 0 Å². The van der Waals surface area contributed by atoms with Crippen molar-refractivity contribution in [2.24, 2.45) is 5.41 Å². The second kappa shape index (κ2) is 26.1. The number of halogens is 4. The number of β-amino-alcohol motifs (C(OH)–C–C–N with tert-alkyl or cyclic N) is 1. The number of benzene rings is 3. The van der Waals surface area contributed by atoms with Crippen LogP contribution in [0.1, 0.15) is 113 Å². The number of aromatic nitrogens is 4. The number of unbranched alkanes of at least 4 members (excludes halogenated alkanes) is 3. The van der Waals surface area contributed by atoms with E-state index < -0.39 is 59.4 Å². The normalized spacial score (nSPS) is 17.0. The fourth-order valence-corrected chi connectivity index (χ4v) is 11.8. The van der Waals surface area contributed by atoms with Crippen LogP contribution in [-0.2, 0) is 48.2 Å². The van der Waals surface area contributed by atoms with E-state index >= 15 is 0 Å². The Hall–Kier alpha value is -7.99. The zero-order chi connectivity index (χ0) is 60.8. The highest BCUT2D eigenvalue weighted by Crippen LogP contribution is 2.41. The Balaban J connectivity index is 0.726. The van der Waals surface area contributed by atoms with Crippen LogP contribution in [0.4, 0.5) is 29.1 Å². The van der Waals surface area contributed by atoms with Gasteiger partial charge in [-0.25, -0.2) is 19.3 Å². The Morgan fingerprint density at radius 1 is 0.882 bits per heavy atom. The lowest BCUT2D eigenvalue weighted by atomic mass is 9.85. The number of nitrogens with one attached hydrogen (secondary N) is 4. The number of nitrogens with two attached hydrogens (primary N) is 1. The van der Waals surface area contributed by atoms with E-state index in [0.29, 0.717) is 66.9 Å². The summed E-state index contributed by atoms with van der Waals surface area (Å²) in [7, 11) is 0. The molecule has 3 aliphatic rings. The average molecular weight is 1190 g/mol. The summed E-state index contributed by atoms with van der Waals surface area (Å²) in [5.74, 6) is -2.88. The number of ether oxygens (including phenoxy) is 1. The summed E-state index contributed by atoms with van der Waals surface area (Å²) in [5, 5.41) is 22.9. The van der Waals surface area contributed by atoms with Crippen LogP contribution in [0.2, 0.25) is 0 Å². The second-order valence-corrected chi connectivity index (χ2v) is 24.1. The Morgan fingerprint density at radius 2 is 1.61 bits per heavy atom. The van der Waals surface area contributed by atoms with Crippen LogP contribution in [0.25, 0.3) is 32.6 Å². The molecule has 6 aromatic rings. The highest BCUT2D eigenvalue weighted by Gasteiger charge is 2.53. The van der Waals surface area contributed by atoms with Crippen molar-refractivity contribution in [3.05, 3.63) is 107 Å². The highest BCUT2D eigenvalue weighted by atomic mass is 32.1. The minimum atomic E-state index is -4.84. The van der Waals surface area contributed by atoms with Crippen molar-refractivity contribution >= 4 is 69.3 Å². The summed E-state index contributed by atoms with van der Waals surface area (Å²) >= 11 is 1.49. The maximum Gasteiger partial charge on any atom is 0.573 e. The first kappa shape index (κ1) is 61.6. The zero-order valence-electron chi connectivity index (χ0n) is 47.9. The first-order valence-electron chi connectivity index (χ1n) is 28.6. The lowest BCUT2D eigenvalue weighted by Crippen LogP contribution is -2.59. The van der Waals surface area contributed by atoms with Crippen molar-refractivity contribution < 1.29 is 56.2 Å². The maximum atomic E-state index is 14.8. The molecule has 3 aromatic carbocycles. The number of nitrogen functional groups attached to an aromatic ring is 1. The molecule has 3 aromatic heterocycles. The van der Waals surface area contributed by atoms with Crippen LogP contribution >= 0.6 is 11.3 Å². The van der Waals surface area contributed by atoms with Gasteiger partial charge in [-0.1, -0.05) is 63.2 Å². The lowest BCUT2D eigenvalue weighted by molar-refractivity contribution is -0.274. The summed E-state index contributed by atoms with van der Waals surface area (Å²) in [6.07, 6.45) is 1.49. The fraction of sp³-hybridized carbons (Fsp3) is 0.459. The molecular formula is C61H71F4N11O8S. The first-order valence-corrected chi connectivity index (χ1v) is 29.5. The molecule has 7 N–H and O–H groups in total. The number of carbonyl (C=O) groups excluding carboxylic acids is 6. The smallest absolute Gasteiger partial charge is 0.406 e. The fourth-order valence-electron chi connectivity index (χ4n) is 11.0. The Labute approximate surface area is 493 Å². The van der Waals surface area contributed by atoms with Crippen LogP contribution in [0.15, 0.2) is 84.8 Å². The first-order chi connectivity index (χ1) is 40.4. The van der Waals surface area contributed by atoms with Crippen molar-refractivity contribution in [1.82, 2.24) is 45.7 Å². The van der Waals surface area contributed by atoms with Crippen molar-refractivity contribution in [3.8, 4) is 27.3 Å². The quantitative estimate of drug-likeness (QED) is 0.0249. The monoisotopic (exact) mass is 1190 g/mol. The summed E-state index contributed by atoms with van der Waals surface area (Å²) in [6, 6.07) is 15.4. The molecule has 0 bridgehead atoms. The van der Waals surface area contributed by atoms with E-state index in [-0.39, 0.29) is 75.1 Å².